The fourth-order valence-electron chi connectivity index (χ4n) is 7.48. The van der Waals surface area contributed by atoms with E-state index in [0.717, 1.165) is 77.2 Å². The molecule has 0 unspecified atom stereocenters. The third-order valence-corrected chi connectivity index (χ3v) is 9.62. The Morgan fingerprint density at radius 1 is 0.380 bits per heavy atom. The number of rotatable bonds is 4. The fraction of sp³-hybridized carbons (Fsp3) is 0. The topological polar surface area (TPSA) is 81.2 Å². The van der Waals surface area contributed by atoms with Crippen molar-refractivity contribution in [2.45, 2.75) is 0 Å². The second-order valence-corrected chi connectivity index (χ2v) is 12.3. The SMILES string of the molecule is N#Cc1ccc2c(c1)c1ccc(C#N)cc1n2-c1cccc(-c2ccccc2-c2cccc(C#N)c2-n2c3ccccc3c3ccccc32)c1. The van der Waals surface area contributed by atoms with Gasteiger partial charge in [-0.15, -0.1) is 0 Å². The van der Waals surface area contributed by atoms with Crippen molar-refractivity contribution in [3.8, 4) is 51.8 Å². The normalized spacial score (nSPS) is 11.1. The van der Waals surface area contributed by atoms with Gasteiger partial charge in [0.2, 0.25) is 0 Å². The van der Waals surface area contributed by atoms with Gasteiger partial charge < -0.3 is 9.13 Å². The summed E-state index contributed by atoms with van der Waals surface area (Å²) in [4.78, 5) is 0. The zero-order valence-corrected chi connectivity index (χ0v) is 26.7. The Balaban J connectivity index is 1.29. The molecule has 2 heterocycles. The maximum absolute atomic E-state index is 10.5. The molecule has 9 rings (SSSR count). The van der Waals surface area contributed by atoms with Gasteiger partial charge in [0.1, 0.15) is 6.07 Å². The van der Waals surface area contributed by atoms with Crippen LogP contribution in [0.4, 0.5) is 0 Å². The van der Waals surface area contributed by atoms with Crippen LogP contribution in [0.5, 0.6) is 0 Å². The van der Waals surface area contributed by atoms with Crippen LogP contribution in [0.25, 0.3) is 77.2 Å². The molecule has 0 amide bonds. The van der Waals surface area contributed by atoms with Crippen LogP contribution in [-0.2, 0) is 0 Å². The zero-order valence-electron chi connectivity index (χ0n) is 26.7. The maximum atomic E-state index is 10.5. The Morgan fingerprint density at radius 3 is 1.72 bits per heavy atom. The summed E-state index contributed by atoms with van der Waals surface area (Å²) in [5.41, 5.74) is 11.5. The highest BCUT2D eigenvalue weighted by Gasteiger charge is 2.21. The van der Waals surface area contributed by atoms with Crippen LogP contribution < -0.4 is 0 Å². The Kier molecular flexibility index (Phi) is 6.56. The fourth-order valence-corrected chi connectivity index (χ4v) is 7.48. The molecule has 0 radical (unpaired) electrons. The van der Waals surface area contributed by atoms with E-state index in [-0.39, 0.29) is 0 Å². The van der Waals surface area contributed by atoms with Crippen LogP contribution in [0.1, 0.15) is 16.7 Å². The molecule has 2 aromatic heterocycles. The van der Waals surface area contributed by atoms with Crippen LogP contribution >= 0.6 is 0 Å². The number of nitrogens with zero attached hydrogens (tertiary/aromatic N) is 5. The van der Waals surface area contributed by atoms with Gasteiger partial charge in [0.15, 0.2) is 0 Å². The van der Waals surface area contributed by atoms with Crippen molar-refractivity contribution in [2.24, 2.45) is 0 Å². The number of nitriles is 3. The molecule has 0 saturated heterocycles. The minimum Gasteiger partial charge on any atom is -0.309 e. The molecule has 0 bridgehead atoms. The molecular weight excluding hydrogens is 611 g/mol. The molecule has 5 heteroatoms. The van der Waals surface area contributed by atoms with Crippen LogP contribution in [0.15, 0.2) is 152 Å². The number of fused-ring (bicyclic) bond motifs is 6. The van der Waals surface area contributed by atoms with Crippen molar-refractivity contribution >= 4 is 43.6 Å². The summed E-state index contributed by atoms with van der Waals surface area (Å²) in [6.07, 6.45) is 0. The number of benzene rings is 7. The van der Waals surface area contributed by atoms with Crippen molar-refractivity contribution in [3.05, 3.63) is 168 Å². The van der Waals surface area contributed by atoms with Gasteiger partial charge >= 0.3 is 0 Å². The van der Waals surface area contributed by atoms with Gasteiger partial charge in [0.05, 0.1) is 56.6 Å². The van der Waals surface area contributed by atoms with E-state index >= 15 is 0 Å². The Labute approximate surface area is 287 Å². The summed E-state index contributed by atoms with van der Waals surface area (Å²) >= 11 is 0. The Bertz CT molecular complexity index is 2920. The summed E-state index contributed by atoms with van der Waals surface area (Å²) in [6, 6.07) is 57.9. The van der Waals surface area contributed by atoms with E-state index in [1.54, 1.807) is 0 Å². The lowest BCUT2D eigenvalue weighted by molar-refractivity contribution is 1.17. The molecule has 0 spiro atoms. The summed E-state index contributed by atoms with van der Waals surface area (Å²) in [7, 11) is 0. The van der Waals surface area contributed by atoms with Crippen molar-refractivity contribution < 1.29 is 0 Å². The van der Waals surface area contributed by atoms with Gasteiger partial charge in [-0.1, -0.05) is 91.0 Å². The molecule has 0 aliphatic heterocycles. The minimum atomic E-state index is 0.568. The lowest BCUT2D eigenvalue weighted by atomic mass is 9.92. The predicted octanol–water partition coefficient (Wildman–Crippen LogP) is 10.8. The quantitative estimate of drug-likeness (QED) is 0.193. The van der Waals surface area contributed by atoms with Gasteiger partial charge in [0.25, 0.3) is 0 Å². The molecule has 0 N–H and O–H groups in total. The average Bonchev–Trinajstić information content (AvgIpc) is 3.69. The highest BCUT2D eigenvalue weighted by molar-refractivity contribution is 6.11. The molecule has 0 fully saturated rings. The maximum Gasteiger partial charge on any atom is 0.101 e. The first-order chi connectivity index (χ1) is 24.7. The van der Waals surface area contributed by atoms with Crippen molar-refractivity contribution in [1.82, 2.24) is 9.13 Å². The van der Waals surface area contributed by atoms with E-state index < -0.39 is 0 Å². The van der Waals surface area contributed by atoms with Gasteiger partial charge in [-0.25, -0.2) is 0 Å². The van der Waals surface area contributed by atoms with Crippen LogP contribution in [-0.4, -0.2) is 9.13 Å². The van der Waals surface area contributed by atoms with Crippen molar-refractivity contribution in [1.29, 1.82) is 15.8 Å². The highest BCUT2D eigenvalue weighted by Crippen LogP contribution is 2.42. The summed E-state index contributed by atoms with van der Waals surface area (Å²) in [5, 5.41) is 34.1. The van der Waals surface area contributed by atoms with E-state index in [0.29, 0.717) is 16.7 Å². The monoisotopic (exact) mass is 635 g/mol. The molecular formula is C45H25N5. The van der Waals surface area contributed by atoms with Gasteiger partial charge in [0, 0.05) is 32.8 Å². The van der Waals surface area contributed by atoms with Gasteiger partial charge in [-0.2, -0.15) is 15.8 Å². The summed E-state index contributed by atoms with van der Waals surface area (Å²) in [5.74, 6) is 0. The molecule has 50 heavy (non-hydrogen) atoms. The number of para-hydroxylation sites is 3. The number of hydrogen-bond donors (Lipinski definition) is 0. The van der Waals surface area contributed by atoms with Crippen LogP contribution in [0.2, 0.25) is 0 Å². The molecule has 0 aliphatic carbocycles. The average molecular weight is 636 g/mol. The second-order valence-electron chi connectivity index (χ2n) is 12.3. The third-order valence-electron chi connectivity index (χ3n) is 9.62. The molecule has 7 aromatic carbocycles. The first-order valence-electron chi connectivity index (χ1n) is 16.3. The first-order valence-corrected chi connectivity index (χ1v) is 16.3. The smallest absolute Gasteiger partial charge is 0.101 e. The van der Waals surface area contributed by atoms with E-state index in [1.807, 2.05) is 72.8 Å². The highest BCUT2D eigenvalue weighted by atomic mass is 15.0. The van der Waals surface area contributed by atoms with Gasteiger partial charge in [-0.3, -0.25) is 0 Å². The molecule has 0 saturated carbocycles. The van der Waals surface area contributed by atoms with Gasteiger partial charge in [-0.05, 0) is 77.4 Å². The van der Waals surface area contributed by atoms with E-state index in [4.69, 9.17) is 0 Å². The van der Waals surface area contributed by atoms with Crippen molar-refractivity contribution in [2.75, 3.05) is 0 Å². The summed E-state index contributed by atoms with van der Waals surface area (Å²) < 4.78 is 4.39. The Morgan fingerprint density at radius 2 is 0.980 bits per heavy atom. The number of hydrogen-bond acceptors (Lipinski definition) is 3. The third kappa shape index (κ3) is 4.31. The second kappa shape index (κ2) is 11.4. The molecule has 9 aromatic rings. The van der Waals surface area contributed by atoms with E-state index in [2.05, 4.69) is 106 Å². The summed E-state index contributed by atoms with van der Waals surface area (Å²) in [6.45, 7) is 0. The molecule has 0 atom stereocenters. The lowest BCUT2D eigenvalue weighted by Gasteiger charge is -2.18. The van der Waals surface area contributed by atoms with Crippen LogP contribution in [0, 0.1) is 34.0 Å². The van der Waals surface area contributed by atoms with E-state index in [9.17, 15) is 15.8 Å². The standard InChI is InChI=1S/C45H25N5/c46-26-29-20-22-43-40(23-29)38-21-19-30(27-47)24-44(38)49(43)33-11-7-9-31(25-33)34-12-1-2-13-35(34)39-16-8-10-32(28-48)45(39)50-41-17-5-3-14-36(41)37-15-4-6-18-42(37)50/h1-25H. The molecule has 0 aliphatic rings. The van der Waals surface area contributed by atoms with E-state index in [1.165, 1.54) is 0 Å². The Hall–Kier alpha value is -7.39. The predicted molar refractivity (Wildman–Crippen MR) is 200 cm³/mol. The molecule has 230 valence electrons. The number of aromatic nitrogens is 2. The lowest BCUT2D eigenvalue weighted by Crippen LogP contribution is -2.01. The minimum absolute atomic E-state index is 0.568. The van der Waals surface area contributed by atoms with Crippen LogP contribution in [0.3, 0.4) is 0 Å². The molecule has 5 nitrogen and oxygen atoms in total. The first kappa shape index (κ1) is 28.8. The zero-order chi connectivity index (χ0) is 33.8. The largest absolute Gasteiger partial charge is 0.309 e. The van der Waals surface area contributed by atoms with Crippen molar-refractivity contribution in [3.63, 3.8) is 0 Å².